The van der Waals surface area contributed by atoms with Crippen molar-refractivity contribution in [2.24, 2.45) is 0 Å². The van der Waals surface area contributed by atoms with E-state index in [4.69, 9.17) is 4.74 Å². The summed E-state index contributed by atoms with van der Waals surface area (Å²) < 4.78 is 6.95. The number of nitrogens with zero attached hydrogens (tertiary/aromatic N) is 2. The minimum atomic E-state index is -0.266. The maximum absolute atomic E-state index is 12.6. The Kier molecular flexibility index (Phi) is 4.61. The van der Waals surface area contributed by atoms with Gasteiger partial charge in [0.2, 0.25) is 0 Å². The molecule has 0 saturated heterocycles. The standard InChI is InChI=1S/C19H19N3O2/c1-14(15-9-5-3-6-10-15)20-19(23)18-17(24-2)13-22(21-18)16-11-7-4-8-12-16/h3-14H,1-2H3,(H,20,23)/t14-/m0/s1. The molecule has 5 nitrogen and oxygen atoms in total. The highest BCUT2D eigenvalue weighted by molar-refractivity contribution is 5.95. The third-order valence-corrected chi connectivity index (χ3v) is 3.78. The van der Waals surface area contributed by atoms with Crippen LogP contribution in [0.4, 0.5) is 0 Å². The molecule has 3 rings (SSSR count). The Labute approximate surface area is 140 Å². The van der Waals surface area contributed by atoms with E-state index in [1.165, 1.54) is 7.11 Å². The molecule has 122 valence electrons. The summed E-state index contributed by atoms with van der Waals surface area (Å²) >= 11 is 0. The highest BCUT2D eigenvalue weighted by Gasteiger charge is 2.20. The topological polar surface area (TPSA) is 56.2 Å². The molecule has 0 aliphatic rings. The lowest BCUT2D eigenvalue weighted by atomic mass is 10.1. The lowest BCUT2D eigenvalue weighted by Crippen LogP contribution is -2.27. The monoisotopic (exact) mass is 321 g/mol. The molecule has 0 fully saturated rings. The third kappa shape index (κ3) is 3.30. The molecule has 0 saturated carbocycles. The minimum Gasteiger partial charge on any atom is -0.493 e. The van der Waals surface area contributed by atoms with E-state index >= 15 is 0 Å². The maximum atomic E-state index is 12.6. The fourth-order valence-electron chi connectivity index (χ4n) is 2.47. The third-order valence-electron chi connectivity index (χ3n) is 3.78. The van der Waals surface area contributed by atoms with Crippen LogP contribution in [-0.4, -0.2) is 22.8 Å². The van der Waals surface area contributed by atoms with Crippen LogP contribution in [0.1, 0.15) is 29.0 Å². The Hall–Kier alpha value is -3.08. The first-order valence-corrected chi connectivity index (χ1v) is 7.74. The molecule has 0 aliphatic carbocycles. The molecular formula is C19H19N3O2. The number of methoxy groups -OCH3 is 1. The molecule has 3 aromatic rings. The summed E-state index contributed by atoms with van der Waals surface area (Å²) in [7, 11) is 1.53. The first kappa shape index (κ1) is 15.8. The lowest BCUT2D eigenvalue weighted by molar-refractivity contribution is 0.0931. The van der Waals surface area contributed by atoms with Crippen molar-refractivity contribution in [3.63, 3.8) is 0 Å². The number of hydrogen-bond donors (Lipinski definition) is 1. The van der Waals surface area contributed by atoms with Crippen LogP contribution in [0, 0.1) is 0 Å². The number of nitrogens with one attached hydrogen (secondary N) is 1. The van der Waals surface area contributed by atoms with Gasteiger partial charge in [-0.25, -0.2) is 4.68 Å². The van der Waals surface area contributed by atoms with Gasteiger partial charge < -0.3 is 10.1 Å². The van der Waals surface area contributed by atoms with E-state index in [-0.39, 0.29) is 17.6 Å². The summed E-state index contributed by atoms with van der Waals surface area (Å²) in [6.45, 7) is 1.94. The molecule has 2 aromatic carbocycles. The van der Waals surface area contributed by atoms with Crippen LogP contribution >= 0.6 is 0 Å². The molecule has 0 spiro atoms. The second-order valence-electron chi connectivity index (χ2n) is 5.43. The summed E-state index contributed by atoms with van der Waals surface area (Å²) in [5, 5.41) is 7.33. The van der Waals surface area contributed by atoms with E-state index in [1.54, 1.807) is 10.9 Å². The van der Waals surface area contributed by atoms with Gasteiger partial charge in [0.15, 0.2) is 11.4 Å². The number of hydrogen-bond acceptors (Lipinski definition) is 3. The van der Waals surface area contributed by atoms with Crippen molar-refractivity contribution in [3.8, 4) is 11.4 Å². The molecule has 0 aliphatic heterocycles. The fourth-order valence-corrected chi connectivity index (χ4v) is 2.47. The molecule has 1 aromatic heterocycles. The molecule has 1 N–H and O–H groups in total. The second-order valence-corrected chi connectivity index (χ2v) is 5.43. The number of aromatic nitrogens is 2. The Morgan fingerprint density at radius 3 is 2.33 bits per heavy atom. The van der Waals surface area contributed by atoms with Gasteiger partial charge in [0, 0.05) is 0 Å². The Balaban J connectivity index is 1.83. The van der Waals surface area contributed by atoms with Gasteiger partial charge in [-0.1, -0.05) is 48.5 Å². The predicted octanol–water partition coefficient (Wildman–Crippen LogP) is 3.37. The SMILES string of the molecule is COc1cn(-c2ccccc2)nc1C(=O)N[C@@H](C)c1ccccc1. The van der Waals surface area contributed by atoms with Gasteiger partial charge >= 0.3 is 0 Å². The first-order valence-electron chi connectivity index (χ1n) is 7.74. The molecule has 1 heterocycles. The smallest absolute Gasteiger partial charge is 0.276 e. The van der Waals surface area contributed by atoms with Crippen molar-refractivity contribution in [2.45, 2.75) is 13.0 Å². The van der Waals surface area contributed by atoms with Crippen molar-refractivity contribution in [1.82, 2.24) is 15.1 Å². The number of amides is 1. The quantitative estimate of drug-likeness (QED) is 0.784. The van der Waals surface area contributed by atoms with Crippen molar-refractivity contribution < 1.29 is 9.53 Å². The van der Waals surface area contributed by atoms with Crippen molar-refractivity contribution >= 4 is 5.91 Å². The number of carbonyl (C=O) groups is 1. The Morgan fingerprint density at radius 2 is 1.71 bits per heavy atom. The molecule has 0 unspecified atom stereocenters. The van der Waals surface area contributed by atoms with Crippen LogP contribution < -0.4 is 10.1 Å². The molecular weight excluding hydrogens is 302 g/mol. The van der Waals surface area contributed by atoms with Crippen LogP contribution in [0.2, 0.25) is 0 Å². The van der Waals surface area contributed by atoms with E-state index in [1.807, 2.05) is 67.6 Å². The average molecular weight is 321 g/mol. The van der Waals surface area contributed by atoms with Crippen LogP contribution in [0.15, 0.2) is 66.9 Å². The van der Waals surface area contributed by atoms with Gasteiger partial charge in [-0.2, -0.15) is 5.10 Å². The van der Waals surface area contributed by atoms with E-state index < -0.39 is 0 Å². The lowest BCUT2D eigenvalue weighted by Gasteiger charge is -2.13. The number of carbonyl (C=O) groups excluding carboxylic acids is 1. The zero-order chi connectivity index (χ0) is 16.9. The number of benzene rings is 2. The largest absolute Gasteiger partial charge is 0.493 e. The second kappa shape index (κ2) is 7.00. The molecule has 24 heavy (non-hydrogen) atoms. The summed E-state index contributed by atoms with van der Waals surface area (Å²) in [5.41, 5.74) is 2.17. The van der Waals surface area contributed by atoms with Crippen LogP contribution in [-0.2, 0) is 0 Å². The highest BCUT2D eigenvalue weighted by Crippen LogP contribution is 2.20. The number of para-hydroxylation sites is 1. The average Bonchev–Trinajstić information content (AvgIpc) is 3.08. The van der Waals surface area contributed by atoms with Gasteiger partial charge in [0.05, 0.1) is 25.0 Å². The normalized spacial score (nSPS) is 11.8. The van der Waals surface area contributed by atoms with Crippen LogP contribution in [0.3, 0.4) is 0 Å². The van der Waals surface area contributed by atoms with E-state index in [0.29, 0.717) is 5.75 Å². The molecule has 1 atom stereocenters. The number of rotatable bonds is 5. The van der Waals surface area contributed by atoms with Crippen LogP contribution in [0.25, 0.3) is 5.69 Å². The van der Waals surface area contributed by atoms with Gasteiger partial charge in [-0.05, 0) is 24.6 Å². The van der Waals surface area contributed by atoms with Gasteiger partial charge in [-0.15, -0.1) is 0 Å². The van der Waals surface area contributed by atoms with Gasteiger partial charge in [0.25, 0.3) is 5.91 Å². The Morgan fingerprint density at radius 1 is 1.08 bits per heavy atom. The zero-order valence-corrected chi connectivity index (χ0v) is 13.6. The maximum Gasteiger partial charge on any atom is 0.276 e. The van der Waals surface area contributed by atoms with E-state index in [9.17, 15) is 4.79 Å². The van der Waals surface area contributed by atoms with Crippen molar-refractivity contribution in [3.05, 3.63) is 78.1 Å². The Bertz CT molecular complexity index is 813. The fraction of sp³-hybridized carbons (Fsp3) is 0.158. The highest BCUT2D eigenvalue weighted by atomic mass is 16.5. The van der Waals surface area contributed by atoms with Crippen molar-refractivity contribution in [2.75, 3.05) is 7.11 Å². The molecule has 0 bridgehead atoms. The summed E-state index contributed by atoms with van der Waals surface area (Å²) in [6, 6.07) is 19.3. The van der Waals surface area contributed by atoms with Crippen LogP contribution in [0.5, 0.6) is 5.75 Å². The number of ether oxygens (including phenoxy) is 1. The minimum absolute atomic E-state index is 0.120. The first-order chi connectivity index (χ1) is 11.7. The molecule has 1 amide bonds. The van der Waals surface area contributed by atoms with E-state index in [0.717, 1.165) is 11.3 Å². The van der Waals surface area contributed by atoms with Gasteiger partial charge in [-0.3, -0.25) is 4.79 Å². The van der Waals surface area contributed by atoms with Crippen molar-refractivity contribution in [1.29, 1.82) is 0 Å². The van der Waals surface area contributed by atoms with E-state index in [2.05, 4.69) is 10.4 Å². The summed E-state index contributed by atoms with van der Waals surface area (Å²) in [5.74, 6) is 0.175. The van der Waals surface area contributed by atoms with Gasteiger partial charge in [0.1, 0.15) is 0 Å². The summed E-state index contributed by atoms with van der Waals surface area (Å²) in [6.07, 6.45) is 1.71. The molecule has 0 radical (unpaired) electrons. The predicted molar refractivity (Wildman–Crippen MR) is 92.4 cm³/mol. The summed E-state index contributed by atoms with van der Waals surface area (Å²) in [4.78, 5) is 12.6. The zero-order valence-electron chi connectivity index (χ0n) is 13.6. The molecule has 5 heteroatoms.